The van der Waals surface area contributed by atoms with Crippen LogP contribution in [0.15, 0.2) is 0 Å². The number of likely N-dealkylation sites (tertiary alicyclic amines) is 1. The summed E-state index contributed by atoms with van der Waals surface area (Å²) in [6.07, 6.45) is 7.32. The van der Waals surface area contributed by atoms with Crippen molar-refractivity contribution in [3.05, 3.63) is 0 Å². The van der Waals surface area contributed by atoms with Crippen molar-refractivity contribution in [2.24, 2.45) is 17.3 Å². The first-order valence-electron chi connectivity index (χ1n) is 9.68. The van der Waals surface area contributed by atoms with E-state index in [2.05, 4.69) is 35.6 Å². The van der Waals surface area contributed by atoms with Gasteiger partial charge < -0.3 is 14.7 Å². The van der Waals surface area contributed by atoms with Crippen LogP contribution in [0.1, 0.15) is 46.0 Å². The summed E-state index contributed by atoms with van der Waals surface area (Å²) < 4.78 is 0. The van der Waals surface area contributed by atoms with Crippen LogP contribution in [0.5, 0.6) is 0 Å². The summed E-state index contributed by atoms with van der Waals surface area (Å²) in [7, 11) is 2.25. The van der Waals surface area contributed by atoms with Crippen LogP contribution in [0.2, 0.25) is 0 Å². The standard InChI is InChI=1S/C19H37N3/c1-17(2)13-19(6-7-19)16-22-8-4-5-18(15-22)14-21-11-9-20(3)10-12-21/h17-18H,4-16H2,1-3H3/t18-/m1/s1. The summed E-state index contributed by atoms with van der Waals surface area (Å²) in [5.74, 6) is 1.79. The van der Waals surface area contributed by atoms with Crippen molar-refractivity contribution >= 4 is 0 Å². The maximum atomic E-state index is 2.82. The lowest BCUT2D eigenvalue weighted by Crippen LogP contribution is -2.49. The highest BCUT2D eigenvalue weighted by Gasteiger charge is 2.44. The molecule has 0 amide bonds. The second kappa shape index (κ2) is 7.19. The first-order chi connectivity index (χ1) is 10.5. The Morgan fingerprint density at radius 2 is 1.73 bits per heavy atom. The molecule has 0 aromatic carbocycles. The third kappa shape index (κ3) is 4.69. The Kier molecular flexibility index (Phi) is 5.47. The molecule has 3 nitrogen and oxygen atoms in total. The minimum absolute atomic E-state index is 0.712. The molecule has 3 fully saturated rings. The summed E-state index contributed by atoms with van der Waals surface area (Å²) >= 11 is 0. The molecule has 0 radical (unpaired) electrons. The highest BCUT2D eigenvalue weighted by molar-refractivity contribution is 4.97. The summed E-state index contributed by atoms with van der Waals surface area (Å²) in [4.78, 5) is 8.00. The van der Waals surface area contributed by atoms with Gasteiger partial charge in [0.15, 0.2) is 0 Å². The summed E-state index contributed by atoms with van der Waals surface area (Å²) in [5, 5.41) is 0. The molecule has 1 saturated carbocycles. The molecule has 3 rings (SSSR count). The topological polar surface area (TPSA) is 9.72 Å². The lowest BCUT2D eigenvalue weighted by molar-refractivity contribution is 0.0875. The van der Waals surface area contributed by atoms with E-state index in [4.69, 9.17) is 0 Å². The van der Waals surface area contributed by atoms with Gasteiger partial charge in [-0.05, 0) is 62.9 Å². The molecular formula is C19H37N3. The molecule has 0 aromatic heterocycles. The third-order valence-corrected chi connectivity index (χ3v) is 6.07. The Hall–Kier alpha value is -0.120. The first-order valence-corrected chi connectivity index (χ1v) is 9.68. The minimum Gasteiger partial charge on any atom is -0.304 e. The molecule has 0 N–H and O–H groups in total. The van der Waals surface area contributed by atoms with E-state index < -0.39 is 0 Å². The fourth-order valence-electron chi connectivity index (χ4n) is 4.78. The molecule has 0 unspecified atom stereocenters. The zero-order valence-corrected chi connectivity index (χ0v) is 15.2. The van der Waals surface area contributed by atoms with Crippen molar-refractivity contribution in [1.29, 1.82) is 0 Å². The van der Waals surface area contributed by atoms with Crippen LogP contribution < -0.4 is 0 Å². The number of piperazine rings is 1. The van der Waals surface area contributed by atoms with E-state index in [0.29, 0.717) is 5.41 Å². The number of piperidine rings is 1. The second-order valence-electron chi connectivity index (χ2n) is 8.95. The smallest absolute Gasteiger partial charge is 0.0110 e. The van der Waals surface area contributed by atoms with Crippen LogP contribution in [-0.4, -0.2) is 74.1 Å². The van der Waals surface area contributed by atoms with Crippen LogP contribution in [0.3, 0.4) is 0 Å². The van der Waals surface area contributed by atoms with Crippen molar-refractivity contribution in [2.75, 3.05) is 59.4 Å². The third-order valence-electron chi connectivity index (χ3n) is 6.07. The quantitative estimate of drug-likeness (QED) is 0.747. The Balaban J connectivity index is 1.43. The van der Waals surface area contributed by atoms with E-state index in [1.165, 1.54) is 84.5 Å². The molecule has 0 aromatic rings. The molecule has 22 heavy (non-hydrogen) atoms. The van der Waals surface area contributed by atoms with Gasteiger partial charge in [-0.15, -0.1) is 0 Å². The average Bonchev–Trinajstić information content (AvgIpc) is 3.20. The van der Waals surface area contributed by atoms with Crippen molar-refractivity contribution in [1.82, 2.24) is 14.7 Å². The van der Waals surface area contributed by atoms with E-state index in [0.717, 1.165) is 11.8 Å². The molecule has 1 atom stereocenters. The second-order valence-corrected chi connectivity index (χ2v) is 8.95. The van der Waals surface area contributed by atoms with Crippen molar-refractivity contribution in [3.63, 3.8) is 0 Å². The maximum absolute atomic E-state index is 2.82. The molecule has 2 aliphatic heterocycles. The summed E-state index contributed by atoms with van der Waals surface area (Å²) in [5.41, 5.74) is 0.712. The van der Waals surface area contributed by atoms with Gasteiger partial charge in [0.25, 0.3) is 0 Å². The lowest BCUT2D eigenvalue weighted by atomic mass is 9.91. The highest BCUT2D eigenvalue weighted by Crippen LogP contribution is 2.51. The zero-order chi connectivity index (χ0) is 15.6. The molecule has 128 valence electrons. The largest absolute Gasteiger partial charge is 0.304 e. The van der Waals surface area contributed by atoms with E-state index in [1.807, 2.05) is 0 Å². The minimum atomic E-state index is 0.712. The molecule has 2 heterocycles. The fourth-order valence-corrected chi connectivity index (χ4v) is 4.78. The molecule has 3 heteroatoms. The molecule has 0 bridgehead atoms. The van der Waals surface area contributed by atoms with E-state index in [9.17, 15) is 0 Å². The molecule has 0 spiro atoms. The van der Waals surface area contributed by atoms with Crippen molar-refractivity contribution in [2.45, 2.75) is 46.0 Å². The van der Waals surface area contributed by atoms with Gasteiger partial charge in [0.2, 0.25) is 0 Å². The normalized spacial score (nSPS) is 30.8. The summed E-state index contributed by atoms with van der Waals surface area (Å²) in [6, 6.07) is 0. The average molecular weight is 308 g/mol. The van der Waals surface area contributed by atoms with Crippen molar-refractivity contribution in [3.8, 4) is 0 Å². The number of likely N-dealkylation sites (N-methyl/N-ethyl adjacent to an activating group) is 1. The van der Waals surface area contributed by atoms with Gasteiger partial charge in [-0.3, -0.25) is 0 Å². The van der Waals surface area contributed by atoms with Gasteiger partial charge in [0, 0.05) is 45.8 Å². The van der Waals surface area contributed by atoms with E-state index in [1.54, 1.807) is 0 Å². The molecule has 1 aliphatic carbocycles. The number of nitrogens with zero attached hydrogens (tertiary/aromatic N) is 3. The zero-order valence-electron chi connectivity index (χ0n) is 15.2. The van der Waals surface area contributed by atoms with Crippen LogP contribution in [0, 0.1) is 17.3 Å². The highest BCUT2D eigenvalue weighted by atomic mass is 15.2. The van der Waals surface area contributed by atoms with Gasteiger partial charge in [-0.25, -0.2) is 0 Å². The van der Waals surface area contributed by atoms with Gasteiger partial charge >= 0.3 is 0 Å². The van der Waals surface area contributed by atoms with Gasteiger partial charge in [0.1, 0.15) is 0 Å². The molecular weight excluding hydrogens is 270 g/mol. The maximum Gasteiger partial charge on any atom is 0.0110 e. The Labute approximate surface area is 138 Å². The Bertz CT molecular complexity index is 343. The van der Waals surface area contributed by atoms with E-state index in [-0.39, 0.29) is 0 Å². The first kappa shape index (κ1) is 16.7. The predicted molar refractivity (Wildman–Crippen MR) is 94.2 cm³/mol. The number of hydrogen-bond acceptors (Lipinski definition) is 3. The number of rotatable bonds is 6. The molecule has 2 saturated heterocycles. The number of hydrogen-bond donors (Lipinski definition) is 0. The Morgan fingerprint density at radius 1 is 1.00 bits per heavy atom. The predicted octanol–water partition coefficient (Wildman–Crippen LogP) is 2.77. The SMILES string of the molecule is CC(C)CC1(CN2CCC[C@H](CN3CCN(C)CC3)C2)CC1. The Morgan fingerprint density at radius 3 is 2.36 bits per heavy atom. The lowest BCUT2D eigenvalue weighted by Gasteiger charge is -2.39. The summed E-state index contributed by atoms with van der Waals surface area (Å²) in [6.45, 7) is 15.3. The monoisotopic (exact) mass is 307 g/mol. The fraction of sp³-hybridized carbons (Fsp3) is 1.00. The van der Waals surface area contributed by atoms with Gasteiger partial charge in [-0.1, -0.05) is 13.8 Å². The van der Waals surface area contributed by atoms with Gasteiger partial charge in [-0.2, -0.15) is 0 Å². The van der Waals surface area contributed by atoms with Gasteiger partial charge in [0.05, 0.1) is 0 Å². The van der Waals surface area contributed by atoms with Crippen LogP contribution >= 0.6 is 0 Å². The molecule has 3 aliphatic rings. The van der Waals surface area contributed by atoms with E-state index >= 15 is 0 Å². The van der Waals surface area contributed by atoms with Crippen LogP contribution in [-0.2, 0) is 0 Å². The van der Waals surface area contributed by atoms with Crippen molar-refractivity contribution < 1.29 is 0 Å². The van der Waals surface area contributed by atoms with Crippen LogP contribution in [0.25, 0.3) is 0 Å². The van der Waals surface area contributed by atoms with Crippen LogP contribution in [0.4, 0.5) is 0 Å².